The average Bonchev–Trinajstić information content (AvgIpc) is 3.15. The van der Waals surface area contributed by atoms with Crippen molar-refractivity contribution >= 4 is 23.3 Å². The molecule has 0 bridgehead atoms. The van der Waals surface area contributed by atoms with Crippen LogP contribution in [0, 0.1) is 0 Å². The summed E-state index contributed by atoms with van der Waals surface area (Å²) in [7, 11) is 0. The molecule has 1 saturated heterocycles. The van der Waals surface area contributed by atoms with Crippen molar-refractivity contribution in [2.75, 3.05) is 26.2 Å². The van der Waals surface area contributed by atoms with Gasteiger partial charge in [0.2, 0.25) is 0 Å². The van der Waals surface area contributed by atoms with Gasteiger partial charge in [-0.3, -0.25) is 4.79 Å². The molecule has 3 rings (SSSR count). The third-order valence-corrected chi connectivity index (χ3v) is 4.27. The van der Waals surface area contributed by atoms with E-state index in [9.17, 15) is 9.59 Å². The Labute approximate surface area is 138 Å². The van der Waals surface area contributed by atoms with Crippen LogP contribution >= 0.6 is 11.3 Å². The van der Waals surface area contributed by atoms with Gasteiger partial charge in [0, 0.05) is 31.6 Å². The van der Waals surface area contributed by atoms with Crippen molar-refractivity contribution in [1.82, 2.24) is 14.8 Å². The van der Waals surface area contributed by atoms with Gasteiger partial charge in [-0.1, -0.05) is 30.3 Å². The normalized spacial score (nSPS) is 14.6. The Morgan fingerprint density at radius 3 is 2.43 bits per heavy atom. The number of aromatic nitrogens is 1. The van der Waals surface area contributed by atoms with E-state index in [1.807, 2.05) is 30.3 Å². The van der Waals surface area contributed by atoms with E-state index in [0.717, 1.165) is 5.56 Å². The lowest BCUT2D eigenvalue weighted by Gasteiger charge is -2.33. The van der Waals surface area contributed by atoms with Crippen LogP contribution in [0.4, 0.5) is 4.79 Å². The predicted octanol–water partition coefficient (Wildman–Crippen LogP) is 2.24. The molecule has 1 aromatic heterocycles. The van der Waals surface area contributed by atoms with E-state index in [2.05, 4.69) is 4.98 Å². The summed E-state index contributed by atoms with van der Waals surface area (Å²) in [5, 5.41) is 1.74. The molecule has 1 aliphatic heterocycles. The van der Waals surface area contributed by atoms with Crippen LogP contribution in [0.5, 0.6) is 0 Å². The Kier molecular flexibility index (Phi) is 4.87. The molecule has 0 radical (unpaired) electrons. The van der Waals surface area contributed by atoms with Gasteiger partial charge in [0.25, 0.3) is 5.91 Å². The molecule has 6 nitrogen and oxygen atoms in total. The average molecular weight is 331 g/mol. The minimum Gasteiger partial charge on any atom is -0.445 e. The van der Waals surface area contributed by atoms with Crippen molar-refractivity contribution in [2.24, 2.45) is 0 Å². The highest BCUT2D eigenvalue weighted by atomic mass is 32.1. The van der Waals surface area contributed by atoms with Crippen molar-refractivity contribution in [1.29, 1.82) is 0 Å². The van der Waals surface area contributed by atoms with Crippen LogP contribution in [0.3, 0.4) is 0 Å². The van der Waals surface area contributed by atoms with Crippen LogP contribution in [0.1, 0.15) is 16.1 Å². The molecule has 0 unspecified atom stereocenters. The van der Waals surface area contributed by atoms with E-state index in [1.54, 1.807) is 20.7 Å². The fourth-order valence-corrected chi connectivity index (χ4v) is 2.91. The predicted molar refractivity (Wildman–Crippen MR) is 86.2 cm³/mol. The number of piperazine rings is 1. The summed E-state index contributed by atoms with van der Waals surface area (Å²) in [5.41, 5.74) is 3.07. The standard InChI is InChI=1S/C16H17N3O3S/c20-15(14-11-23-12-17-14)18-6-8-19(9-7-18)16(21)22-10-13-4-2-1-3-5-13/h1-5,11-12H,6-10H2. The van der Waals surface area contributed by atoms with Crippen LogP contribution in [-0.2, 0) is 11.3 Å². The fourth-order valence-electron chi connectivity index (χ4n) is 2.38. The smallest absolute Gasteiger partial charge is 0.410 e. The zero-order valence-corrected chi connectivity index (χ0v) is 13.4. The monoisotopic (exact) mass is 331 g/mol. The summed E-state index contributed by atoms with van der Waals surface area (Å²) in [6.07, 6.45) is -0.338. The van der Waals surface area contributed by atoms with E-state index in [0.29, 0.717) is 31.9 Å². The molecule has 0 saturated carbocycles. The van der Waals surface area contributed by atoms with Crippen molar-refractivity contribution in [3.05, 3.63) is 52.5 Å². The number of hydrogen-bond donors (Lipinski definition) is 0. The van der Waals surface area contributed by atoms with Gasteiger partial charge < -0.3 is 14.5 Å². The van der Waals surface area contributed by atoms with Gasteiger partial charge in [0.15, 0.2) is 0 Å². The lowest BCUT2D eigenvalue weighted by Crippen LogP contribution is -2.50. The van der Waals surface area contributed by atoms with E-state index in [-0.39, 0.29) is 18.6 Å². The third-order valence-electron chi connectivity index (χ3n) is 3.68. The van der Waals surface area contributed by atoms with E-state index >= 15 is 0 Å². The Hall–Kier alpha value is -2.41. The molecule has 0 spiro atoms. The number of nitrogens with zero attached hydrogens (tertiary/aromatic N) is 3. The molecule has 1 fully saturated rings. The van der Waals surface area contributed by atoms with E-state index in [1.165, 1.54) is 11.3 Å². The second kappa shape index (κ2) is 7.23. The molecule has 7 heteroatoms. The Morgan fingerprint density at radius 2 is 1.78 bits per heavy atom. The maximum Gasteiger partial charge on any atom is 0.410 e. The van der Waals surface area contributed by atoms with Crippen molar-refractivity contribution in [3.63, 3.8) is 0 Å². The first kappa shape index (κ1) is 15.5. The molecule has 2 heterocycles. The molecule has 0 N–H and O–H groups in total. The SMILES string of the molecule is O=C(OCc1ccccc1)N1CCN(C(=O)c2cscn2)CC1. The van der Waals surface area contributed by atoms with Gasteiger partial charge in [-0.2, -0.15) is 0 Å². The minimum absolute atomic E-state index is 0.0800. The minimum atomic E-state index is -0.338. The van der Waals surface area contributed by atoms with Crippen LogP contribution < -0.4 is 0 Å². The number of ether oxygens (including phenoxy) is 1. The number of benzene rings is 1. The van der Waals surface area contributed by atoms with Crippen molar-refractivity contribution < 1.29 is 14.3 Å². The largest absolute Gasteiger partial charge is 0.445 e. The van der Waals surface area contributed by atoms with Crippen LogP contribution in [0.15, 0.2) is 41.2 Å². The summed E-state index contributed by atoms with van der Waals surface area (Å²) in [6.45, 7) is 2.21. The Balaban J connectivity index is 1.47. The second-order valence-electron chi connectivity index (χ2n) is 5.19. The molecule has 120 valence electrons. The lowest BCUT2D eigenvalue weighted by atomic mass is 10.2. The zero-order chi connectivity index (χ0) is 16.1. The molecule has 0 atom stereocenters. The van der Waals surface area contributed by atoms with Crippen LogP contribution in [-0.4, -0.2) is 53.0 Å². The van der Waals surface area contributed by atoms with Crippen molar-refractivity contribution in [3.8, 4) is 0 Å². The molecule has 1 aromatic carbocycles. The molecule has 1 aliphatic rings. The van der Waals surface area contributed by atoms with Crippen LogP contribution in [0.2, 0.25) is 0 Å². The van der Waals surface area contributed by atoms with E-state index in [4.69, 9.17) is 4.74 Å². The molecular formula is C16H17N3O3S. The summed E-state index contributed by atoms with van der Waals surface area (Å²) in [5.74, 6) is -0.0800. The van der Waals surface area contributed by atoms with Gasteiger partial charge in [-0.15, -0.1) is 11.3 Å². The highest BCUT2D eigenvalue weighted by molar-refractivity contribution is 7.07. The van der Waals surface area contributed by atoms with Crippen LogP contribution in [0.25, 0.3) is 0 Å². The number of amides is 2. The van der Waals surface area contributed by atoms with Gasteiger partial charge in [0.05, 0.1) is 5.51 Å². The molecule has 23 heavy (non-hydrogen) atoms. The molecule has 0 aliphatic carbocycles. The first-order valence-corrected chi connectivity index (χ1v) is 8.31. The highest BCUT2D eigenvalue weighted by Crippen LogP contribution is 2.11. The topological polar surface area (TPSA) is 62.7 Å². The van der Waals surface area contributed by atoms with Crippen molar-refractivity contribution in [2.45, 2.75) is 6.61 Å². The first-order valence-electron chi connectivity index (χ1n) is 7.37. The fraction of sp³-hybridized carbons (Fsp3) is 0.312. The summed E-state index contributed by atoms with van der Waals surface area (Å²) < 4.78 is 5.31. The zero-order valence-electron chi connectivity index (χ0n) is 12.6. The molecule has 2 amide bonds. The first-order chi connectivity index (χ1) is 11.2. The Bertz CT molecular complexity index is 652. The number of hydrogen-bond acceptors (Lipinski definition) is 5. The summed E-state index contributed by atoms with van der Waals surface area (Å²) in [6, 6.07) is 9.57. The number of carbonyl (C=O) groups excluding carboxylic acids is 2. The maximum atomic E-state index is 12.2. The summed E-state index contributed by atoms with van der Waals surface area (Å²) in [4.78, 5) is 31.6. The van der Waals surface area contributed by atoms with Gasteiger partial charge in [-0.05, 0) is 5.56 Å². The molecule has 2 aromatic rings. The quantitative estimate of drug-likeness (QED) is 0.865. The van der Waals surface area contributed by atoms with Gasteiger partial charge >= 0.3 is 6.09 Å². The number of rotatable bonds is 3. The second-order valence-corrected chi connectivity index (χ2v) is 5.91. The molecular weight excluding hydrogens is 314 g/mol. The summed E-state index contributed by atoms with van der Waals surface area (Å²) >= 11 is 1.40. The highest BCUT2D eigenvalue weighted by Gasteiger charge is 2.26. The van der Waals surface area contributed by atoms with Gasteiger partial charge in [0.1, 0.15) is 12.3 Å². The van der Waals surface area contributed by atoms with E-state index < -0.39 is 0 Å². The van der Waals surface area contributed by atoms with Gasteiger partial charge in [-0.25, -0.2) is 9.78 Å². The Morgan fingerprint density at radius 1 is 1.09 bits per heavy atom. The number of carbonyl (C=O) groups is 2. The third kappa shape index (κ3) is 3.87. The maximum absolute atomic E-state index is 12.2. The lowest BCUT2D eigenvalue weighted by molar-refractivity contribution is 0.0540. The number of thiazole rings is 1.